The lowest BCUT2D eigenvalue weighted by Crippen LogP contribution is -2.59. The molecular weight excluding hydrogens is 298 g/mol. The number of esters is 3. The van der Waals surface area contributed by atoms with Crippen LogP contribution in [0.1, 0.15) is 27.7 Å². The van der Waals surface area contributed by atoms with Crippen molar-refractivity contribution in [1.29, 1.82) is 0 Å². The Morgan fingerprint density at radius 3 is 1.86 bits per heavy atom. The van der Waals surface area contributed by atoms with Gasteiger partial charge >= 0.3 is 17.9 Å². The van der Waals surface area contributed by atoms with Crippen molar-refractivity contribution in [3.8, 4) is 0 Å². The molecule has 0 aromatic carbocycles. The van der Waals surface area contributed by atoms with Crippen LogP contribution in [-0.4, -0.2) is 48.6 Å². The first-order valence-corrected chi connectivity index (χ1v) is 6.47. The van der Waals surface area contributed by atoms with Crippen molar-refractivity contribution in [3.63, 3.8) is 0 Å². The monoisotopic (exact) mass is 315 g/mol. The fraction of sp³-hybridized carbons (Fsp3) is 0.750. The molecule has 0 aromatic rings. The number of carbonyl (C=O) groups is 3. The Morgan fingerprint density at radius 1 is 0.955 bits per heavy atom. The molecule has 0 saturated carbocycles. The van der Waals surface area contributed by atoms with Crippen LogP contribution >= 0.6 is 0 Å². The van der Waals surface area contributed by atoms with Crippen molar-refractivity contribution >= 4 is 17.9 Å². The molecular formula is C12H17N3O7. The number of hydrogen-bond acceptors (Lipinski definition) is 8. The van der Waals surface area contributed by atoms with Crippen molar-refractivity contribution < 1.29 is 33.3 Å². The standard InChI is InChI=1S/C12H17N3O7/c1-5-9(20-6(2)16)10(21-7(3)17)11(22-8(4)18)12(19-5)14-15-13/h5,9-12H,1-4H3/t5-,9+,10+,11-,12+/m1/s1. The summed E-state index contributed by atoms with van der Waals surface area (Å²) in [6, 6.07) is 0. The molecule has 0 unspecified atom stereocenters. The highest BCUT2D eigenvalue weighted by Crippen LogP contribution is 2.29. The average Bonchev–Trinajstić information content (AvgIpc) is 2.37. The second kappa shape index (κ2) is 7.62. The molecule has 1 aliphatic heterocycles. The molecule has 1 heterocycles. The topological polar surface area (TPSA) is 137 Å². The fourth-order valence-corrected chi connectivity index (χ4v) is 2.13. The van der Waals surface area contributed by atoms with E-state index in [0.29, 0.717) is 0 Å². The van der Waals surface area contributed by atoms with Crippen LogP contribution in [0.15, 0.2) is 5.11 Å². The van der Waals surface area contributed by atoms with Gasteiger partial charge in [-0.1, -0.05) is 5.11 Å². The summed E-state index contributed by atoms with van der Waals surface area (Å²) in [5.41, 5.74) is 8.58. The number of ether oxygens (including phenoxy) is 4. The lowest BCUT2D eigenvalue weighted by molar-refractivity contribution is -0.242. The van der Waals surface area contributed by atoms with E-state index in [1.54, 1.807) is 6.92 Å². The molecule has 22 heavy (non-hydrogen) atoms. The Hall–Kier alpha value is -2.32. The van der Waals surface area contributed by atoms with Crippen LogP contribution in [0.3, 0.4) is 0 Å². The molecule has 1 aliphatic rings. The third kappa shape index (κ3) is 4.61. The van der Waals surface area contributed by atoms with E-state index < -0.39 is 48.6 Å². The first-order chi connectivity index (χ1) is 10.3. The zero-order valence-corrected chi connectivity index (χ0v) is 12.6. The zero-order chi connectivity index (χ0) is 16.9. The van der Waals surface area contributed by atoms with Gasteiger partial charge < -0.3 is 18.9 Å². The van der Waals surface area contributed by atoms with Crippen molar-refractivity contribution in [1.82, 2.24) is 0 Å². The Balaban J connectivity index is 3.18. The maximum absolute atomic E-state index is 11.3. The van der Waals surface area contributed by atoms with E-state index in [0.717, 1.165) is 13.8 Å². The van der Waals surface area contributed by atoms with Crippen LogP contribution in [-0.2, 0) is 33.3 Å². The minimum absolute atomic E-state index is 0.624. The fourth-order valence-electron chi connectivity index (χ4n) is 2.13. The van der Waals surface area contributed by atoms with Gasteiger partial charge in [-0.2, -0.15) is 0 Å². The Bertz CT molecular complexity index is 503. The SMILES string of the molecule is CC(=O)O[C@H]1[C@@H](OC(C)=O)[C@@H](C)O[C@H](N=[N+]=[N-])[C@@H]1OC(C)=O. The maximum Gasteiger partial charge on any atom is 0.303 e. The number of carbonyl (C=O) groups excluding carboxylic acids is 3. The quantitative estimate of drug-likeness (QED) is 0.246. The molecule has 0 spiro atoms. The molecule has 0 N–H and O–H groups in total. The number of rotatable bonds is 4. The molecule has 0 aromatic heterocycles. The van der Waals surface area contributed by atoms with Gasteiger partial charge in [0.15, 0.2) is 24.5 Å². The molecule has 0 radical (unpaired) electrons. The van der Waals surface area contributed by atoms with Gasteiger partial charge in [-0.25, -0.2) is 0 Å². The highest BCUT2D eigenvalue weighted by Gasteiger charge is 2.49. The maximum atomic E-state index is 11.3. The van der Waals surface area contributed by atoms with Crippen molar-refractivity contribution in [3.05, 3.63) is 10.4 Å². The molecule has 1 rings (SSSR count). The second-order valence-electron chi connectivity index (χ2n) is 4.66. The van der Waals surface area contributed by atoms with Gasteiger partial charge in [0.25, 0.3) is 0 Å². The van der Waals surface area contributed by atoms with E-state index >= 15 is 0 Å². The van der Waals surface area contributed by atoms with Gasteiger partial charge in [0, 0.05) is 25.7 Å². The van der Waals surface area contributed by atoms with E-state index in [-0.39, 0.29) is 0 Å². The van der Waals surface area contributed by atoms with Crippen LogP contribution in [0, 0.1) is 0 Å². The van der Waals surface area contributed by atoms with Crippen LogP contribution in [0.2, 0.25) is 0 Å². The van der Waals surface area contributed by atoms with Gasteiger partial charge in [-0.05, 0) is 12.5 Å². The zero-order valence-electron chi connectivity index (χ0n) is 12.6. The smallest absolute Gasteiger partial charge is 0.303 e. The number of hydrogen-bond donors (Lipinski definition) is 0. The predicted octanol–water partition coefficient (Wildman–Crippen LogP) is 0.837. The first-order valence-electron chi connectivity index (χ1n) is 6.47. The molecule has 5 atom stereocenters. The highest BCUT2D eigenvalue weighted by atomic mass is 16.6. The second-order valence-corrected chi connectivity index (χ2v) is 4.66. The van der Waals surface area contributed by atoms with Gasteiger partial charge in [-0.3, -0.25) is 14.4 Å². The van der Waals surface area contributed by atoms with E-state index in [1.165, 1.54) is 6.92 Å². The summed E-state index contributed by atoms with van der Waals surface area (Å²) in [5.74, 6) is -1.99. The first kappa shape index (κ1) is 17.7. The molecule has 0 aliphatic carbocycles. The molecule has 10 heteroatoms. The largest absolute Gasteiger partial charge is 0.456 e. The van der Waals surface area contributed by atoms with E-state index in [2.05, 4.69) is 10.0 Å². The van der Waals surface area contributed by atoms with Gasteiger partial charge in [0.05, 0.1) is 6.10 Å². The van der Waals surface area contributed by atoms with Crippen LogP contribution < -0.4 is 0 Å². The third-order valence-electron chi connectivity index (χ3n) is 2.82. The molecule has 1 fully saturated rings. The van der Waals surface area contributed by atoms with Gasteiger partial charge in [0.1, 0.15) is 0 Å². The minimum Gasteiger partial charge on any atom is -0.456 e. The molecule has 0 amide bonds. The van der Waals surface area contributed by atoms with Gasteiger partial charge in [0.2, 0.25) is 0 Å². The number of azide groups is 1. The summed E-state index contributed by atoms with van der Waals surface area (Å²) in [6.45, 7) is 5.01. The minimum atomic E-state index is -1.22. The van der Waals surface area contributed by atoms with E-state index in [9.17, 15) is 14.4 Å². The van der Waals surface area contributed by atoms with Gasteiger partial charge in [-0.15, -0.1) is 0 Å². The Morgan fingerprint density at radius 2 is 1.41 bits per heavy atom. The Labute approximate surface area is 126 Å². The normalized spacial score (nSPS) is 30.6. The van der Waals surface area contributed by atoms with Crippen LogP contribution in [0.4, 0.5) is 0 Å². The van der Waals surface area contributed by atoms with Crippen molar-refractivity contribution in [2.75, 3.05) is 0 Å². The summed E-state index contributed by atoms with van der Waals surface area (Å²) < 4.78 is 20.6. The van der Waals surface area contributed by atoms with Crippen molar-refractivity contribution in [2.45, 2.75) is 58.3 Å². The summed E-state index contributed by atoms with van der Waals surface area (Å²) in [7, 11) is 0. The van der Waals surface area contributed by atoms with E-state index in [1.807, 2.05) is 0 Å². The average molecular weight is 315 g/mol. The van der Waals surface area contributed by atoms with Crippen LogP contribution in [0.5, 0.6) is 0 Å². The number of nitrogens with zero attached hydrogens (tertiary/aromatic N) is 3. The molecule has 10 nitrogen and oxygen atoms in total. The highest BCUT2D eigenvalue weighted by molar-refractivity contribution is 5.68. The third-order valence-corrected chi connectivity index (χ3v) is 2.82. The lowest BCUT2D eigenvalue weighted by atomic mass is 9.98. The van der Waals surface area contributed by atoms with E-state index in [4.69, 9.17) is 24.5 Å². The Kier molecular flexibility index (Phi) is 6.14. The summed E-state index contributed by atoms with van der Waals surface area (Å²) >= 11 is 0. The van der Waals surface area contributed by atoms with Crippen molar-refractivity contribution in [2.24, 2.45) is 5.11 Å². The summed E-state index contributed by atoms with van der Waals surface area (Å²) in [4.78, 5) is 36.4. The lowest BCUT2D eigenvalue weighted by Gasteiger charge is -2.42. The summed E-state index contributed by atoms with van der Waals surface area (Å²) in [6.07, 6.45) is -5.33. The molecule has 1 saturated heterocycles. The molecule has 122 valence electrons. The van der Waals surface area contributed by atoms with Crippen LogP contribution in [0.25, 0.3) is 10.4 Å². The predicted molar refractivity (Wildman–Crippen MR) is 70.1 cm³/mol. The molecule has 0 bridgehead atoms. The summed E-state index contributed by atoms with van der Waals surface area (Å²) in [5, 5.41) is 3.39.